The molecule has 3 heteroatoms. The van der Waals surface area contributed by atoms with Gasteiger partial charge in [0, 0.05) is 6.54 Å². The average molecular weight is 227 g/mol. The number of hydrogen-bond donors (Lipinski definition) is 0. The van der Waals surface area contributed by atoms with E-state index in [1.54, 1.807) is 0 Å². The summed E-state index contributed by atoms with van der Waals surface area (Å²) >= 11 is 0. The lowest BCUT2D eigenvalue weighted by Crippen LogP contribution is -2.40. The van der Waals surface area contributed by atoms with E-state index in [0.29, 0.717) is 5.92 Å². The van der Waals surface area contributed by atoms with Gasteiger partial charge in [0.05, 0.1) is 13.0 Å². The highest BCUT2D eigenvalue weighted by Gasteiger charge is 2.27. The van der Waals surface area contributed by atoms with Gasteiger partial charge < -0.3 is 9.64 Å². The third-order valence-electron chi connectivity index (χ3n) is 3.64. The minimum absolute atomic E-state index is 0.0263. The Morgan fingerprint density at radius 1 is 1.38 bits per heavy atom. The standard InChI is InChI=1S/C13H25NO2/c1-10(2)12(13(15)16-4)9-14-7-5-11(3)6-8-14/h10-12H,5-9H2,1-4H3. The van der Waals surface area contributed by atoms with Gasteiger partial charge >= 0.3 is 5.97 Å². The molecule has 94 valence electrons. The maximum absolute atomic E-state index is 11.6. The Balaban J connectivity index is 2.45. The first kappa shape index (κ1) is 13.5. The Bertz CT molecular complexity index is 220. The summed E-state index contributed by atoms with van der Waals surface area (Å²) in [5.41, 5.74) is 0. The first-order chi connectivity index (χ1) is 7.54. The number of hydrogen-bond acceptors (Lipinski definition) is 3. The van der Waals surface area contributed by atoms with E-state index in [4.69, 9.17) is 4.74 Å². The van der Waals surface area contributed by atoms with Crippen molar-refractivity contribution < 1.29 is 9.53 Å². The fourth-order valence-corrected chi connectivity index (χ4v) is 2.23. The first-order valence-corrected chi connectivity index (χ1v) is 6.34. The van der Waals surface area contributed by atoms with Crippen molar-refractivity contribution in [2.24, 2.45) is 17.8 Å². The summed E-state index contributed by atoms with van der Waals surface area (Å²) in [7, 11) is 1.48. The third-order valence-corrected chi connectivity index (χ3v) is 3.64. The molecule has 1 aliphatic heterocycles. The molecular weight excluding hydrogens is 202 g/mol. The number of carbonyl (C=O) groups excluding carboxylic acids is 1. The van der Waals surface area contributed by atoms with Gasteiger partial charge in [-0.1, -0.05) is 20.8 Å². The van der Waals surface area contributed by atoms with E-state index >= 15 is 0 Å². The van der Waals surface area contributed by atoms with E-state index in [0.717, 1.165) is 25.6 Å². The minimum Gasteiger partial charge on any atom is -0.469 e. The van der Waals surface area contributed by atoms with Crippen molar-refractivity contribution in [3.8, 4) is 0 Å². The second-order valence-electron chi connectivity index (χ2n) is 5.36. The van der Waals surface area contributed by atoms with Crippen molar-refractivity contribution in [3.63, 3.8) is 0 Å². The smallest absolute Gasteiger partial charge is 0.310 e. The molecular formula is C13H25NO2. The van der Waals surface area contributed by atoms with E-state index < -0.39 is 0 Å². The second kappa shape index (κ2) is 6.24. The summed E-state index contributed by atoms with van der Waals surface area (Å²) in [5.74, 6) is 1.16. The van der Waals surface area contributed by atoms with E-state index in [1.807, 2.05) is 0 Å². The van der Waals surface area contributed by atoms with Gasteiger partial charge in [-0.2, -0.15) is 0 Å². The van der Waals surface area contributed by atoms with Crippen LogP contribution in [-0.4, -0.2) is 37.6 Å². The first-order valence-electron chi connectivity index (χ1n) is 6.34. The normalized spacial score (nSPS) is 21.1. The summed E-state index contributed by atoms with van der Waals surface area (Å²) in [6.45, 7) is 9.60. The van der Waals surface area contributed by atoms with Crippen LogP contribution in [0.4, 0.5) is 0 Å². The second-order valence-corrected chi connectivity index (χ2v) is 5.36. The predicted molar refractivity (Wildman–Crippen MR) is 65.2 cm³/mol. The molecule has 0 N–H and O–H groups in total. The molecule has 0 aromatic rings. The number of likely N-dealkylation sites (tertiary alicyclic amines) is 1. The number of rotatable bonds is 4. The summed E-state index contributed by atoms with van der Waals surface area (Å²) < 4.78 is 4.87. The molecule has 1 heterocycles. The van der Waals surface area contributed by atoms with E-state index in [2.05, 4.69) is 25.7 Å². The molecule has 1 atom stereocenters. The van der Waals surface area contributed by atoms with Gasteiger partial charge in [-0.05, 0) is 37.8 Å². The zero-order valence-electron chi connectivity index (χ0n) is 11.0. The monoisotopic (exact) mass is 227 g/mol. The molecule has 3 nitrogen and oxygen atoms in total. The molecule has 0 saturated carbocycles. The highest BCUT2D eigenvalue weighted by Crippen LogP contribution is 2.20. The van der Waals surface area contributed by atoms with Crippen LogP contribution in [0.25, 0.3) is 0 Å². The van der Waals surface area contributed by atoms with Crippen LogP contribution in [0.3, 0.4) is 0 Å². The van der Waals surface area contributed by atoms with Crippen molar-refractivity contribution in [3.05, 3.63) is 0 Å². The molecule has 0 aromatic carbocycles. The van der Waals surface area contributed by atoms with Gasteiger partial charge in [-0.15, -0.1) is 0 Å². The maximum atomic E-state index is 11.6. The Labute approximate surface area is 99.1 Å². The average Bonchev–Trinajstić information content (AvgIpc) is 2.27. The summed E-state index contributed by atoms with van der Waals surface area (Å²) in [5, 5.41) is 0. The Morgan fingerprint density at radius 3 is 2.38 bits per heavy atom. The number of carbonyl (C=O) groups is 1. The lowest BCUT2D eigenvalue weighted by molar-refractivity contribution is -0.147. The van der Waals surface area contributed by atoms with Crippen LogP contribution in [-0.2, 0) is 9.53 Å². The molecule has 1 rings (SSSR count). The lowest BCUT2D eigenvalue weighted by Gasteiger charge is -2.33. The molecule has 0 bridgehead atoms. The number of methoxy groups -OCH3 is 1. The van der Waals surface area contributed by atoms with Crippen LogP contribution < -0.4 is 0 Å². The van der Waals surface area contributed by atoms with Crippen molar-refractivity contribution in [1.29, 1.82) is 0 Å². The van der Waals surface area contributed by atoms with Gasteiger partial charge in [0.25, 0.3) is 0 Å². The Hall–Kier alpha value is -0.570. The minimum atomic E-state index is -0.0615. The molecule has 1 unspecified atom stereocenters. The van der Waals surface area contributed by atoms with Crippen LogP contribution >= 0.6 is 0 Å². The topological polar surface area (TPSA) is 29.5 Å². The van der Waals surface area contributed by atoms with Crippen molar-refractivity contribution in [2.75, 3.05) is 26.7 Å². The predicted octanol–water partition coefficient (Wildman–Crippen LogP) is 2.16. The number of esters is 1. The van der Waals surface area contributed by atoms with Gasteiger partial charge in [-0.25, -0.2) is 0 Å². The lowest BCUT2D eigenvalue weighted by atomic mass is 9.93. The number of piperidine rings is 1. The Morgan fingerprint density at radius 2 is 1.94 bits per heavy atom. The number of nitrogens with zero attached hydrogens (tertiary/aromatic N) is 1. The van der Waals surface area contributed by atoms with Crippen LogP contribution in [0.1, 0.15) is 33.6 Å². The molecule has 0 aliphatic carbocycles. The van der Waals surface area contributed by atoms with E-state index in [9.17, 15) is 4.79 Å². The molecule has 0 radical (unpaired) electrons. The fourth-order valence-electron chi connectivity index (χ4n) is 2.23. The quantitative estimate of drug-likeness (QED) is 0.689. The molecule has 1 fully saturated rings. The number of ether oxygens (including phenoxy) is 1. The molecule has 0 aromatic heterocycles. The molecule has 1 saturated heterocycles. The van der Waals surface area contributed by atoms with Crippen LogP contribution in [0.15, 0.2) is 0 Å². The van der Waals surface area contributed by atoms with Crippen molar-refractivity contribution in [2.45, 2.75) is 33.6 Å². The van der Waals surface area contributed by atoms with Gasteiger partial charge in [0.1, 0.15) is 0 Å². The van der Waals surface area contributed by atoms with Gasteiger partial charge in [0.15, 0.2) is 0 Å². The maximum Gasteiger partial charge on any atom is 0.310 e. The fraction of sp³-hybridized carbons (Fsp3) is 0.923. The van der Waals surface area contributed by atoms with Crippen LogP contribution in [0.5, 0.6) is 0 Å². The van der Waals surface area contributed by atoms with Gasteiger partial charge in [0.2, 0.25) is 0 Å². The molecule has 0 amide bonds. The molecule has 0 spiro atoms. The van der Waals surface area contributed by atoms with Gasteiger partial charge in [-0.3, -0.25) is 4.79 Å². The summed E-state index contributed by atoms with van der Waals surface area (Å²) in [6, 6.07) is 0. The highest BCUT2D eigenvalue weighted by atomic mass is 16.5. The zero-order valence-corrected chi connectivity index (χ0v) is 11.0. The summed E-state index contributed by atoms with van der Waals surface area (Å²) in [4.78, 5) is 14.0. The molecule has 1 aliphatic rings. The van der Waals surface area contributed by atoms with Crippen LogP contribution in [0.2, 0.25) is 0 Å². The van der Waals surface area contributed by atoms with Crippen molar-refractivity contribution in [1.82, 2.24) is 4.90 Å². The molecule has 16 heavy (non-hydrogen) atoms. The zero-order chi connectivity index (χ0) is 12.1. The van der Waals surface area contributed by atoms with Crippen LogP contribution in [0, 0.1) is 17.8 Å². The SMILES string of the molecule is COC(=O)C(CN1CCC(C)CC1)C(C)C. The highest BCUT2D eigenvalue weighted by molar-refractivity contribution is 5.72. The van der Waals surface area contributed by atoms with Crippen molar-refractivity contribution >= 4 is 5.97 Å². The third kappa shape index (κ3) is 3.78. The Kier molecular flexibility index (Phi) is 5.26. The summed E-state index contributed by atoms with van der Waals surface area (Å²) in [6.07, 6.45) is 2.51. The van der Waals surface area contributed by atoms with E-state index in [-0.39, 0.29) is 11.9 Å². The largest absolute Gasteiger partial charge is 0.469 e. The van der Waals surface area contributed by atoms with E-state index in [1.165, 1.54) is 20.0 Å².